The number of fused-ring (bicyclic) bond motifs is 1. The molecule has 0 fully saturated rings. The van der Waals surface area contributed by atoms with Gasteiger partial charge < -0.3 is 10.3 Å². The molecule has 2 N–H and O–H groups in total. The van der Waals surface area contributed by atoms with Crippen LogP contribution in [-0.2, 0) is 13.6 Å². The Morgan fingerprint density at radius 3 is 2.70 bits per heavy atom. The van der Waals surface area contributed by atoms with E-state index in [1.807, 2.05) is 13.1 Å². The molecule has 0 unspecified atom stereocenters. The standard InChI is InChI=1S/C13H13F2N5/c1-7-8(5-19(2)18-7)6-20-12-10(17-13(20)16)4-3-9(14)11(12)15/h3-5H,6H2,1-2H3,(H2,16,17). The Bertz CT molecular complexity index is 803. The summed E-state index contributed by atoms with van der Waals surface area (Å²) in [6.07, 6.45) is 1.82. The predicted octanol–water partition coefficient (Wildman–Crippen LogP) is 1.99. The molecular formula is C13H13F2N5. The second-order valence-electron chi connectivity index (χ2n) is 4.70. The van der Waals surface area contributed by atoms with Gasteiger partial charge in [-0.25, -0.2) is 13.8 Å². The summed E-state index contributed by atoms with van der Waals surface area (Å²) in [4.78, 5) is 4.05. The van der Waals surface area contributed by atoms with Crippen LogP contribution in [0.3, 0.4) is 0 Å². The zero-order valence-corrected chi connectivity index (χ0v) is 11.1. The van der Waals surface area contributed by atoms with Crippen LogP contribution in [0.5, 0.6) is 0 Å². The second-order valence-corrected chi connectivity index (χ2v) is 4.70. The summed E-state index contributed by atoms with van der Waals surface area (Å²) < 4.78 is 30.5. The van der Waals surface area contributed by atoms with Crippen molar-refractivity contribution in [1.82, 2.24) is 19.3 Å². The molecule has 0 saturated carbocycles. The van der Waals surface area contributed by atoms with Gasteiger partial charge in [-0.1, -0.05) is 0 Å². The molecule has 104 valence electrons. The topological polar surface area (TPSA) is 61.7 Å². The molecule has 3 aromatic rings. The minimum atomic E-state index is -0.937. The Labute approximate surface area is 113 Å². The van der Waals surface area contributed by atoms with Gasteiger partial charge >= 0.3 is 0 Å². The van der Waals surface area contributed by atoms with E-state index in [2.05, 4.69) is 10.1 Å². The number of nitrogen functional groups attached to an aromatic ring is 1. The van der Waals surface area contributed by atoms with Gasteiger partial charge in [-0.05, 0) is 19.1 Å². The monoisotopic (exact) mass is 277 g/mol. The van der Waals surface area contributed by atoms with E-state index >= 15 is 0 Å². The van der Waals surface area contributed by atoms with Crippen LogP contribution >= 0.6 is 0 Å². The Morgan fingerprint density at radius 1 is 1.30 bits per heavy atom. The fraction of sp³-hybridized carbons (Fsp3) is 0.231. The Morgan fingerprint density at radius 2 is 2.05 bits per heavy atom. The van der Waals surface area contributed by atoms with Crippen LogP contribution < -0.4 is 5.73 Å². The summed E-state index contributed by atoms with van der Waals surface area (Å²) in [7, 11) is 1.80. The quantitative estimate of drug-likeness (QED) is 0.779. The predicted molar refractivity (Wildman–Crippen MR) is 71.1 cm³/mol. The van der Waals surface area contributed by atoms with Crippen molar-refractivity contribution >= 4 is 17.0 Å². The number of halogens is 2. The fourth-order valence-electron chi connectivity index (χ4n) is 2.31. The Balaban J connectivity index is 2.18. The van der Waals surface area contributed by atoms with E-state index in [-0.39, 0.29) is 11.5 Å². The Kier molecular flexibility index (Phi) is 2.70. The first kappa shape index (κ1) is 12.6. The van der Waals surface area contributed by atoms with Gasteiger partial charge in [-0.2, -0.15) is 5.10 Å². The van der Waals surface area contributed by atoms with E-state index in [0.29, 0.717) is 12.1 Å². The van der Waals surface area contributed by atoms with Crippen molar-refractivity contribution < 1.29 is 8.78 Å². The molecule has 0 saturated heterocycles. The van der Waals surface area contributed by atoms with Crippen LogP contribution in [0.15, 0.2) is 18.3 Å². The van der Waals surface area contributed by atoms with E-state index in [1.165, 1.54) is 10.6 Å². The fourth-order valence-corrected chi connectivity index (χ4v) is 2.31. The van der Waals surface area contributed by atoms with Gasteiger partial charge in [0.25, 0.3) is 0 Å². The highest BCUT2D eigenvalue weighted by Gasteiger charge is 2.17. The summed E-state index contributed by atoms with van der Waals surface area (Å²) in [5.74, 6) is -1.71. The number of hydrogen-bond acceptors (Lipinski definition) is 3. The molecule has 0 bridgehead atoms. The summed E-state index contributed by atoms with van der Waals surface area (Å²) in [5, 5.41) is 4.22. The highest BCUT2D eigenvalue weighted by atomic mass is 19.2. The largest absolute Gasteiger partial charge is 0.369 e. The van der Waals surface area contributed by atoms with Crippen molar-refractivity contribution in [3.8, 4) is 0 Å². The van der Waals surface area contributed by atoms with Crippen LogP contribution in [-0.4, -0.2) is 19.3 Å². The third-order valence-corrected chi connectivity index (χ3v) is 3.27. The summed E-state index contributed by atoms with van der Waals surface area (Å²) in [6.45, 7) is 2.14. The summed E-state index contributed by atoms with van der Waals surface area (Å²) in [6, 6.07) is 2.46. The zero-order chi connectivity index (χ0) is 14.4. The number of imidazole rings is 1. The highest BCUT2D eigenvalue weighted by Crippen LogP contribution is 2.24. The van der Waals surface area contributed by atoms with Crippen molar-refractivity contribution in [3.05, 3.63) is 41.2 Å². The first-order valence-corrected chi connectivity index (χ1v) is 6.06. The molecule has 0 amide bonds. The SMILES string of the molecule is Cc1nn(C)cc1Cn1c(N)nc2ccc(F)c(F)c21. The number of benzene rings is 1. The van der Waals surface area contributed by atoms with Crippen LogP contribution in [0, 0.1) is 18.6 Å². The van der Waals surface area contributed by atoms with Crippen molar-refractivity contribution in [1.29, 1.82) is 0 Å². The smallest absolute Gasteiger partial charge is 0.201 e. The molecular weight excluding hydrogens is 264 g/mol. The number of nitrogens with zero attached hydrogens (tertiary/aromatic N) is 4. The molecule has 0 radical (unpaired) electrons. The van der Waals surface area contributed by atoms with Crippen LogP contribution in [0.1, 0.15) is 11.3 Å². The second kappa shape index (κ2) is 4.29. The van der Waals surface area contributed by atoms with Crippen molar-refractivity contribution in [2.24, 2.45) is 7.05 Å². The molecule has 0 spiro atoms. The normalized spacial score (nSPS) is 11.4. The maximum Gasteiger partial charge on any atom is 0.201 e. The lowest BCUT2D eigenvalue weighted by molar-refractivity contribution is 0.512. The number of aromatic nitrogens is 4. The van der Waals surface area contributed by atoms with Gasteiger partial charge in [-0.15, -0.1) is 0 Å². The van der Waals surface area contributed by atoms with Crippen molar-refractivity contribution in [3.63, 3.8) is 0 Å². The van der Waals surface area contributed by atoms with Crippen LogP contribution in [0.2, 0.25) is 0 Å². The van der Waals surface area contributed by atoms with E-state index in [9.17, 15) is 8.78 Å². The molecule has 2 aromatic heterocycles. The van der Waals surface area contributed by atoms with E-state index < -0.39 is 11.6 Å². The van der Waals surface area contributed by atoms with Gasteiger partial charge in [0.2, 0.25) is 5.95 Å². The highest BCUT2D eigenvalue weighted by molar-refractivity contribution is 5.79. The average molecular weight is 277 g/mol. The van der Waals surface area contributed by atoms with E-state index in [0.717, 1.165) is 17.3 Å². The molecule has 0 aliphatic carbocycles. The van der Waals surface area contributed by atoms with Gasteiger partial charge in [-0.3, -0.25) is 4.68 Å². The first-order valence-electron chi connectivity index (χ1n) is 6.06. The molecule has 0 aliphatic rings. The maximum atomic E-state index is 14.0. The number of anilines is 1. The molecule has 1 aromatic carbocycles. The average Bonchev–Trinajstić information content (AvgIpc) is 2.86. The minimum Gasteiger partial charge on any atom is -0.369 e. The van der Waals surface area contributed by atoms with Gasteiger partial charge in [0.1, 0.15) is 5.52 Å². The molecule has 3 rings (SSSR count). The molecule has 2 heterocycles. The molecule has 5 nitrogen and oxygen atoms in total. The lowest BCUT2D eigenvalue weighted by Crippen LogP contribution is -2.06. The number of nitrogens with two attached hydrogens (primary N) is 1. The first-order chi connectivity index (χ1) is 9.47. The van der Waals surface area contributed by atoms with Crippen LogP contribution in [0.25, 0.3) is 11.0 Å². The molecule has 0 atom stereocenters. The Hall–Kier alpha value is -2.44. The number of aryl methyl sites for hydroxylation is 2. The summed E-state index contributed by atoms with van der Waals surface area (Å²) in [5.41, 5.74) is 7.91. The van der Waals surface area contributed by atoms with E-state index in [1.54, 1.807) is 11.7 Å². The molecule has 20 heavy (non-hydrogen) atoms. The number of hydrogen-bond donors (Lipinski definition) is 1. The van der Waals surface area contributed by atoms with Gasteiger partial charge in [0.15, 0.2) is 11.6 Å². The van der Waals surface area contributed by atoms with Gasteiger partial charge in [0, 0.05) is 18.8 Å². The molecule has 0 aliphatic heterocycles. The molecule has 7 heteroatoms. The lowest BCUT2D eigenvalue weighted by Gasteiger charge is -2.06. The van der Waals surface area contributed by atoms with Gasteiger partial charge in [0.05, 0.1) is 17.8 Å². The summed E-state index contributed by atoms with van der Waals surface area (Å²) >= 11 is 0. The van der Waals surface area contributed by atoms with Crippen molar-refractivity contribution in [2.45, 2.75) is 13.5 Å². The maximum absolute atomic E-state index is 14.0. The lowest BCUT2D eigenvalue weighted by atomic mass is 10.2. The zero-order valence-electron chi connectivity index (χ0n) is 11.1. The third kappa shape index (κ3) is 1.82. The number of rotatable bonds is 2. The third-order valence-electron chi connectivity index (χ3n) is 3.27. The van der Waals surface area contributed by atoms with Crippen molar-refractivity contribution in [2.75, 3.05) is 5.73 Å². The van der Waals surface area contributed by atoms with Crippen LogP contribution in [0.4, 0.5) is 14.7 Å². The van der Waals surface area contributed by atoms with E-state index in [4.69, 9.17) is 5.73 Å². The minimum absolute atomic E-state index is 0.0748.